The van der Waals surface area contributed by atoms with Crippen LogP contribution in [0, 0.1) is 10.8 Å². The molecule has 0 aliphatic rings. The lowest BCUT2D eigenvalue weighted by molar-refractivity contribution is -0.354. The number of methoxy groups -OCH3 is 2. The first-order chi connectivity index (χ1) is 8.02. The Morgan fingerprint density at radius 1 is 0.722 bits per heavy atom. The predicted molar refractivity (Wildman–Crippen MR) is 72.1 cm³/mol. The van der Waals surface area contributed by atoms with Crippen LogP contribution in [0.1, 0.15) is 48.5 Å². The fourth-order valence-electron chi connectivity index (χ4n) is 1.14. The summed E-state index contributed by atoms with van der Waals surface area (Å²) in [5.74, 6) is 0. The summed E-state index contributed by atoms with van der Waals surface area (Å²) in [5, 5.41) is 0. The molecule has 2 atom stereocenters. The van der Waals surface area contributed by atoms with Gasteiger partial charge in [-0.05, 0) is 12.3 Å². The molecule has 0 saturated carbocycles. The molecular weight excluding hydrogens is 232 g/mol. The highest BCUT2D eigenvalue weighted by Crippen LogP contribution is 2.30. The summed E-state index contributed by atoms with van der Waals surface area (Å²) in [6.45, 7) is 14.0. The Labute approximate surface area is 112 Å². The minimum Gasteiger partial charge on any atom is -0.348 e. The average molecular weight is 262 g/mol. The highest BCUT2D eigenvalue weighted by Gasteiger charge is 2.33. The summed E-state index contributed by atoms with van der Waals surface area (Å²) < 4.78 is 21.9. The van der Waals surface area contributed by atoms with Crippen LogP contribution in [0.15, 0.2) is 0 Å². The van der Waals surface area contributed by atoms with Crippen molar-refractivity contribution in [2.75, 3.05) is 14.2 Å². The Morgan fingerprint density at radius 3 is 1.44 bits per heavy atom. The molecule has 0 aromatic heterocycles. The zero-order valence-corrected chi connectivity index (χ0v) is 13.4. The van der Waals surface area contributed by atoms with Gasteiger partial charge in [0.2, 0.25) is 0 Å². The predicted octanol–water partition coefficient (Wildman–Crippen LogP) is 3.40. The van der Waals surface area contributed by atoms with E-state index >= 15 is 0 Å². The van der Waals surface area contributed by atoms with Crippen molar-refractivity contribution in [3.63, 3.8) is 0 Å². The van der Waals surface area contributed by atoms with Crippen LogP contribution >= 0.6 is 0 Å². The normalized spacial score (nSPS) is 17.0. The van der Waals surface area contributed by atoms with E-state index in [1.165, 1.54) is 0 Å². The van der Waals surface area contributed by atoms with Crippen LogP contribution in [0.2, 0.25) is 0 Å². The molecule has 0 aromatic rings. The van der Waals surface area contributed by atoms with E-state index in [4.69, 9.17) is 18.9 Å². The van der Waals surface area contributed by atoms with Crippen molar-refractivity contribution in [1.29, 1.82) is 0 Å². The largest absolute Gasteiger partial charge is 0.348 e. The first kappa shape index (κ1) is 17.8. The van der Waals surface area contributed by atoms with Crippen molar-refractivity contribution >= 4 is 0 Å². The molecule has 0 fully saturated rings. The maximum Gasteiger partial charge on any atom is 0.273 e. The van der Waals surface area contributed by atoms with E-state index in [0.717, 1.165) is 0 Å². The Balaban J connectivity index is 4.71. The molecule has 0 heterocycles. The van der Waals surface area contributed by atoms with Crippen LogP contribution in [0.25, 0.3) is 0 Å². The first-order valence-corrected chi connectivity index (χ1v) is 6.39. The highest BCUT2D eigenvalue weighted by molar-refractivity contribution is 4.74. The lowest BCUT2D eigenvalue weighted by atomic mass is 9.89. The summed E-state index contributed by atoms with van der Waals surface area (Å²) in [4.78, 5) is 0. The van der Waals surface area contributed by atoms with Crippen LogP contribution in [0.4, 0.5) is 0 Å². The van der Waals surface area contributed by atoms with E-state index in [0.29, 0.717) is 0 Å². The van der Waals surface area contributed by atoms with Crippen LogP contribution in [0.3, 0.4) is 0 Å². The topological polar surface area (TPSA) is 36.9 Å². The minimum atomic E-state index is -0.707. The molecule has 0 rings (SSSR count). The van der Waals surface area contributed by atoms with Crippen molar-refractivity contribution in [1.82, 2.24) is 0 Å². The van der Waals surface area contributed by atoms with Crippen LogP contribution in [0.5, 0.6) is 0 Å². The molecular formula is C14H30O4. The minimum absolute atomic E-state index is 0.0580. The van der Waals surface area contributed by atoms with Gasteiger partial charge in [-0.2, -0.15) is 0 Å². The maximum absolute atomic E-state index is 6.03. The van der Waals surface area contributed by atoms with Crippen molar-refractivity contribution in [3.8, 4) is 0 Å². The molecule has 110 valence electrons. The van der Waals surface area contributed by atoms with Crippen molar-refractivity contribution < 1.29 is 18.9 Å². The van der Waals surface area contributed by atoms with Crippen molar-refractivity contribution in [2.45, 2.75) is 67.3 Å². The molecule has 0 N–H and O–H groups in total. The van der Waals surface area contributed by atoms with Crippen LogP contribution < -0.4 is 0 Å². The van der Waals surface area contributed by atoms with Gasteiger partial charge < -0.3 is 14.2 Å². The number of rotatable bonds is 6. The molecule has 0 bridgehead atoms. The molecule has 0 aliphatic carbocycles. The number of hydrogen-bond acceptors (Lipinski definition) is 4. The fourth-order valence-corrected chi connectivity index (χ4v) is 1.14. The molecule has 0 aliphatic heterocycles. The van der Waals surface area contributed by atoms with Gasteiger partial charge >= 0.3 is 0 Å². The molecule has 0 amide bonds. The summed E-state index contributed by atoms with van der Waals surface area (Å²) in [6, 6.07) is 0. The maximum atomic E-state index is 6.03. The zero-order chi connectivity index (χ0) is 14.6. The molecule has 4 heteroatoms. The van der Waals surface area contributed by atoms with E-state index in [-0.39, 0.29) is 16.9 Å². The van der Waals surface area contributed by atoms with Crippen LogP contribution in [-0.2, 0) is 18.9 Å². The third kappa shape index (κ3) is 6.14. The second-order valence-electron chi connectivity index (χ2n) is 6.74. The Bertz CT molecular complexity index is 223. The zero-order valence-electron chi connectivity index (χ0n) is 13.4. The molecule has 0 aromatic carbocycles. The van der Waals surface area contributed by atoms with Gasteiger partial charge in [0, 0.05) is 19.6 Å². The Kier molecular flexibility index (Phi) is 6.79. The van der Waals surface area contributed by atoms with Crippen molar-refractivity contribution in [2.24, 2.45) is 10.8 Å². The van der Waals surface area contributed by atoms with E-state index < -0.39 is 12.8 Å². The molecule has 0 saturated heterocycles. The van der Waals surface area contributed by atoms with E-state index in [1.807, 2.05) is 0 Å². The van der Waals surface area contributed by atoms with Gasteiger partial charge in [0.1, 0.15) is 0 Å². The van der Waals surface area contributed by atoms with Gasteiger partial charge in [-0.15, -0.1) is 0 Å². The smallest absolute Gasteiger partial charge is 0.273 e. The number of ether oxygens (including phenoxy) is 4. The highest BCUT2D eigenvalue weighted by atomic mass is 16.9. The van der Waals surface area contributed by atoms with Gasteiger partial charge in [0.25, 0.3) is 6.48 Å². The van der Waals surface area contributed by atoms with Gasteiger partial charge in [0.15, 0.2) is 6.29 Å². The Hall–Kier alpha value is -0.160. The first-order valence-electron chi connectivity index (χ1n) is 6.39. The van der Waals surface area contributed by atoms with E-state index in [1.54, 1.807) is 14.2 Å². The summed E-state index contributed by atoms with van der Waals surface area (Å²) >= 11 is 0. The van der Waals surface area contributed by atoms with Gasteiger partial charge in [0.05, 0.1) is 6.10 Å². The molecule has 2 unspecified atom stereocenters. The Morgan fingerprint density at radius 2 is 1.17 bits per heavy atom. The lowest BCUT2D eigenvalue weighted by Gasteiger charge is -2.38. The average Bonchev–Trinajstić information content (AvgIpc) is 2.20. The monoisotopic (exact) mass is 262 g/mol. The lowest BCUT2D eigenvalue weighted by Crippen LogP contribution is -2.41. The van der Waals surface area contributed by atoms with Gasteiger partial charge in [-0.3, -0.25) is 4.74 Å². The second kappa shape index (κ2) is 6.85. The molecule has 0 spiro atoms. The summed E-state index contributed by atoms with van der Waals surface area (Å²) in [7, 11) is 3.09. The van der Waals surface area contributed by atoms with Crippen molar-refractivity contribution in [3.05, 3.63) is 0 Å². The summed E-state index contributed by atoms with van der Waals surface area (Å²) in [5.41, 5.74) is -0.0999. The SMILES string of the molecule is COC(OC)OC(OC(C)C(C)(C)C)C(C)(C)C. The standard InChI is InChI=1S/C14H30O4/c1-10(13(2,3)4)17-11(14(5,6)7)18-12(15-8)16-9/h10-12H,1-9H3. The van der Waals surface area contributed by atoms with Crippen LogP contribution in [-0.4, -0.2) is 33.1 Å². The third-order valence-electron chi connectivity index (χ3n) is 2.87. The number of hydrogen-bond donors (Lipinski definition) is 0. The summed E-state index contributed by atoms with van der Waals surface area (Å²) in [6.07, 6.45) is -0.326. The van der Waals surface area contributed by atoms with E-state index in [9.17, 15) is 0 Å². The van der Waals surface area contributed by atoms with Gasteiger partial charge in [-0.25, -0.2) is 0 Å². The quantitative estimate of drug-likeness (QED) is 0.687. The molecule has 0 radical (unpaired) electrons. The van der Waals surface area contributed by atoms with Gasteiger partial charge in [-0.1, -0.05) is 41.5 Å². The van der Waals surface area contributed by atoms with E-state index in [2.05, 4.69) is 48.5 Å². The third-order valence-corrected chi connectivity index (χ3v) is 2.87. The second-order valence-corrected chi connectivity index (χ2v) is 6.74. The molecule has 18 heavy (non-hydrogen) atoms. The molecule has 4 nitrogen and oxygen atoms in total. The fraction of sp³-hybridized carbons (Fsp3) is 1.00.